The van der Waals surface area contributed by atoms with Gasteiger partial charge in [0.05, 0.1) is 23.4 Å². The van der Waals surface area contributed by atoms with Crippen molar-refractivity contribution in [3.05, 3.63) is 76.3 Å². The van der Waals surface area contributed by atoms with E-state index in [1.807, 2.05) is 32.0 Å². The molecule has 12 heteroatoms. The van der Waals surface area contributed by atoms with Gasteiger partial charge >= 0.3 is 11.9 Å². The van der Waals surface area contributed by atoms with E-state index in [0.717, 1.165) is 50.9 Å². The third-order valence-corrected chi connectivity index (χ3v) is 12.9. The largest absolute Gasteiger partial charge is 0.454 e. The van der Waals surface area contributed by atoms with Crippen molar-refractivity contribution in [1.82, 2.24) is 10.2 Å². The van der Waals surface area contributed by atoms with Crippen LogP contribution in [0, 0.1) is 23.7 Å². The molecule has 1 unspecified atom stereocenters. The molecule has 0 bridgehead atoms. The zero-order valence-electron chi connectivity index (χ0n) is 31.4. The van der Waals surface area contributed by atoms with E-state index >= 15 is 0 Å². The van der Waals surface area contributed by atoms with E-state index in [2.05, 4.69) is 35.3 Å². The van der Waals surface area contributed by atoms with Gasteiger partial charge < -0.3 is 29.3 Å². The van der Waals surface area contributed by atoms with Gasteiger partial charge in [-0.3, -0.25) is 24.8 Å². The zero-order valence-corrected chi connectivity index (χ0v) is 32.1. The number of nitrogens with zero attached hydrogens (tertiary/aromatic N) is 2. The van der Waals surface area contributed by atoms with E-state index < -0.39 is 47.6 Å². The molecular weight excluding hydrogens is 698 g/mol. The lowest BCUT2D eigenvalue weighted by Crippen LogP contribution is -2.66. The molecule has 2 aromatic carbocycles. The minimum Gasteiger partial charge on any atom is -0.454 e. The summed E-state index contributed by atoms with van der Waals surface area (Å²) < 4.78 is 18.4. The van der Waals surface area contributed by atoms with Crippen molar-refractivity contribution >= 4 is 29.2 Å². The average molecular weight is 752 g/mol. The molecule has 2 aliphatic carbocycles. The van der Waals surface area contributed by atoms with E-state index in [-0.39, 0.29) is 36.2 Å². The van der Waals surface area contributed by atoms with E-state index in [0.29, 0.717) is 22.9 Å². The van der Waals surface area contributed by atoms with Crippen molar-refractivity contribution in [2.24, 2.45) is 23.7 Å². The van der Waals surface area contributed by atoms with Crippen LogP contribution >= 0.6 is 11.6 Å². The predicted molar refractivity (Wildman–Crippen MR) is 200 cm³/mol. The number of likely N-dealkylation sites (tertiary alicyclic amines) is 1. The number of piperidine rings is 1. The molecule has 0 radical (unpaired) electrons. The summed E-state index contributed by atoms with van der Waals surface area (Å²) in [5.74, 6) is -1.42. The van der Waals surface area contributed by atoms with E-state index in [1.54, 1.807) is 25.2 Å². The number of carbonyl (C=O) groups is 2. The van der Waals surface area contributed by atoms with Gasteiger partial charge in [0.25, 0.3) is 0 Å². The first-order valence-electron chi connectivity index (χ1n) is 19.1. The first-order chi connectivity index (χ1) is 25.3. The molecule has 7 rings (SSSR count). The standard InChI is InChI=1S/C41H54ClN3O8/c1-24-20-32-30(25(2)22-45-18-16-29(17-19-45)50-23-28-10-7-6-8-11-28)15-14-26(3)41(32,49)37(36(24)51-27(4)46)52-38(47)34-21-40(48)31-12-9-13-33(42)35(31)44(5)53-39(40)43-34/h6-13,20,25-26,29-30,32,34,36-37,39,43,48-49H,14-19,21-23H2,1-5H3/t25?,26-,30+,32-,34+,36-,37+,39-,40-,41-/m1/s1. The van der Waals surface area contributed by atoms with E-state index in [4.69, 9.17) is 30.6 Å². The average Bonchev–Trinajstić information content (AvgIpc) is 3.48. The Balaban J connectivity index is 1.06. The van der Waals surface area contributed by atoms with Gasteiger partial charge in [-0.2, -0.15) is 0 Å². The summed E-state index contributed by atoms with van der Waals surface area (Å²) in [6, 6.07) is 14.5. The lowest BCUT2D eigenvalue weighted by Gasteiger charge is -2.56. The van der Waals surface area contributed by atoms with Crippen LogP contribution in [0.25, 0.3) is 0 Å². The second-order valence-electron chi connectivity index (χ2n) is 16.1. The van der Waals surface area contributed by atoms with Crippen LogP contribution in [-0.4, -0.2) is 89.9 Å². The number of benzene rings is 2. The number of hydroxylamine groups is 1. The van der Waals surface area contributed by atoms with Crippen LogP contribution in [0.1, 0.15) is 70.9 Å². The van der Waals surface area contributed by atoms with Crippen LogP contribution in [-0.2, 0) is 40.8 Å². The molecule has 3 aliphatic heterocycles. The van der Waals surface area contributed by atoms with Crippen LogP contribution in [0.5, 0.6) is 0 Å². The second kappa shape index (κ2) is 15.2. The van der Waals surface area contributed by atoms with Gasteiger partial charge in [0.15, 0.2) is 18.4 Å². The number of fused-ring (bicyclic) bond motifs is 4. The molecule has 1 saturated carbocycles. The number of ether oxygens (including phenoxy) is 3. The smallest absolute Gasteiger partial charge is 0.323 e. The molecule has 53 heavy (non-hydrogen) atoms. The zero-order chi connectivity index (χ0) is 37.7. The number of esters is 2. The SMILES string of the molecule is CC(=O)O[C@@H]1C(C)=C[C@@H]2[C@H](C(C)CN3CCC(OCc4ccccc4)CC3)CC[C@@H](C)[C@]2(O)[C@H]1OC(=O)[C@@H]1C[C@@]2(O)c3cccc(Cl)c3N(C)O[C@H]2N1. The number of halogens is 1. The molecule has 2 aromatic rings. The Bertz CT molecular complexity index is 1690. The summed E-state index contributed by atoms with van der Waals surface area (Å²) in [6.45, 7) is 10.9. The minimum atomic E-state index is -1.56. The number of anilines is 1. The van der Waals surface area contributed by atoms with Crippen LogP contribution < -0.4 is 10.4 Å². The van der Waals surface area contributed by atoms with Gasteiger partial charge in [0, 0.05) is 51.5 Å². The van der Waals surface area contributed by atoms with Crippen molar-refractivity contribution in [3.8, 4) is 0 Å². The van der Waals surface area contributed by atoms with Crippen LogP contribution in [0.3, 0.4) is 0 Å². The van der Waals surface area contributed by atoms with Gasteiger partial charge in [-0.1, -0.05) is 74.0 Å². The van der Waals surface area contributed by atoms with Crippen molar-refractivity contribution in [3.63, 3.8) is 0 Å². The summed E-state index contributed by atoms with van der Waals surface area (Å²) in [5, 5.41) is 29.9. The van der Waals surface area contributed by atoms with Gasteiger partial charge in [0.1, 0.15) is 17.2 Å². The van der Waals surface area contributed by atoms with Crippen molar-refractivity contribution < 1.29 is 38.9 Å². The van der Waals surface area contributed by atoms with Crippen LogP contribution in [0.15, 0.2) is 60.2 Å². The Hall–Kier alpha value is -3.03. The third kappa shape index (κ3) is 7.26. The summed E-state index contributed by atoms with van der Waals surface area (Å²) in [7, 11) is 1.69. The lowest BCUT2D eigenvalue weighted by molar-refractivity contribution is -0.225. The van der Waals surface area contributed by atoms with E-state index in [1.165, 1.54) is 17.6 Å². The minimum absolute atomic E-state index is 0.0392. The van der Waals surface area contributed by atoms with Gasteiger partial charge in [-0.25, -0.2) is 0 Å². The van der Waals surface area contributed by atoms with Crippen LogP contribution in [0.2, 0.25) is 5.02 Å². The number of aliphatic hydroxyl groups is 2. The summed E-state index contributed by atoms with van der Waals surface area (Å²) in [4.78, 5) is 35.1. The number of hydrogen-bond donors (Lipinski definition) is 3. The molecule has 3 fully saturated rings. The lowest BCUT2D eigenvalue weighted by atomic mass is 9.55. The summed E-state index contributed by atoms with van der Waals surface area (Å²) >= 11 is 6.48. The maximum Gasteiger partial charge on any atom is 0.323 e. The fraction of sp³-hybridized carbons (Fsp3) is 0.610. The van der Waals surface area contributed by atoms with Crippen molar-refractivity contribution in [2.75, 3.05) is 31.7 Å². The number of para-hydroxylation sites is 1. The van der Waals surface area contributed by atoms with Gasteiger partial charge in [-0.15, -0.1) is 0 Å². The first kappa shape index (κ1) is 38.3. The molecule has 0 aromatic heterocycles. The number of nitrogens with one attached hydrogen (secondary N) is 1. The normalized spacial score (nSPS) is 35.1. The Labute approximate surface area is 317 Å². The highest BCUT2D eigenvalue weighted by atomic mass is 35.5. The Morgan fingerprint density at radius 1 is 1.06 bits per heavy atom. The highest BCUT2D eigenvalue weighted by Gasteiger charge is 2.62. The highest BCUT2D eigenvalue weighted by molar-refractivity contribution is 6.33. The molecule has 11 nitrogen and oxygen atoms in total. The molecule has 2 saturated heterocycles. The number of carbonyl (C=O) groups excluding carboxylic acids is 2. The van der Waals surface area contributed by atoms with Crippen molar-refractivity contribution in [2.45, 2.75) is 108 Å². The quantitative estimate of drug-likeness (QED) is 0.234. The molecule has 3 N–H and O–H groups in total. The fourth-order valence-electron chi connectivity index (χ4n) is 9.75. The molecule has 0 spiro atoms. The Morgan fingerprint density at radius 2 is 1.79 bits per heavy atom. The van der Waals surface area contributed by atoms with E-state index in [9.17, 15) is 19.8 Å². The maximum absolute atomic E-state index is 14.2. The maximum atomic E-state index is 14.2. The summed E-state index contributed by atoms with van der Waals surface area (Å²) in [5.41, 5.74) is -0.0536. The molecule has 10 atom stereocenters. The monoisotopic (exact) mass is 751 g/mol. The summed E-state index contributed by atoms with van der Waals surface area (Å²) in [6.07, 6.45) is 2.80. The Morgan fingerprint density at radius 3 is 2.51 bits per heavy atom. The molecule has 0 amide bonds. The number of rotatable bonds is 9. The highest BCUT2D eigenvalue weighted by Crippen LogP contribution is 2.53. The van der Waals surface area contributed by atoms with Crippen LogP contribution in [0.4, 0.5) is 5.69 Å². The van der Waals surface area contributed by atoms with Crippen molar-refractivity contribution in [1.29, 1.82) is 0 Å². The fourth-order valence-corrected chi connectivity index (χ4v) is 10.0. The molecule has 288 valence electrons. The topological polar surface area (TPSA) is 130 Å². The molecular formula is C41H54ClN3O8. The first-order valence-corrected chi connectivity index (χ1v) is 19.5. The second-order valence-corrected chi connectivity index (χ2v) is 16.5. The Kier molecular flexibility index (Phi) is 11.0. The molecule has 3 heterocycles. The third-order valence-electron chi connectivity index (χ3n) is 12.6. The number of hydrogen-bond acceptors (Lipinski definition) is 11. The van der Waals surface area contributed by atoms with Gasteiger partial charge in [0.2, 0.25) is 0 Å². The predicted octanol–water partition coefficient (Wildman–Crippen LogP) is 5.11. The molecule has 5 aliphatic rings. The van der Waals surface area contributed by atoms with Gasteiger partial charge in [-0.05, 0) is 67.6 Å².